The molecule has 0 fully saturated rings. The van der Waals surface area contributed by atoms with Gasteiger partial charge in [0.2, 0.25) is 0 Å². The topological polar surface area (TPSA) is 21.3 Å². The molecule has 0 heterocycles. The van der Waals surface area contributed by atoms with Crippen LogP contribution in [0.15, 0.2) is 16.6 Å². The van der Waals surface area contributed by atoms with Gasteiger partial charge in [0.1, 0.15) is 11.6 Å². The van der Waals surface area contributed by atoms with Crippen molar-refractivity contribution in [2.45, 2.75) is 52.2 Å². The van der Waals surface area contributed by atoms with Crippen LogP contribution in [0.3, 0.4) is 0 Å². The number of hydrogen-bond acceptors (Lipinski definition) is 2. The van der Waals surface area contributed by atoms with Crippen LogP contribution >= 0.6 is 15.9 Å². The Morgan fingerprint density at radius 2 is 1.95 bits per heavy atom. The highest BCUT2D eigenvalue weighted by molar-refractivity contribution is 9.10. The fourth-order valence-corrected chi connectivity index (χ4v) is 2.78. The van der Waals surface area contributed by atoms with Crippen molar-refractivity contribution in [3.05, 3.63) is 33.8 Å². The molecule has 1 aromatic carbocycles. The van der Waals surface area contributed by atoms with Crippen LogP contribution in [0.2, 0.25) is 0 Å². The second-order valence-corrected chi connectivity index (χ2v) is 6.10. The first kappa shape index (κ1) is 18.5. The summed E-state index contributed by atoms with van der Waals surface area (Å²) in [6.07, 6.45) is 1.52. The maximum Gasteiger partial charge on any atom is 0.145 e. The van der Waals surface area contributed by atoms with E-state index in [0.717, 1.165) is 6.42 Å². The van der Waals surface area contributed by atoms with Crippen molar-refractivity contribution < 1.29 is 13.5 Å². The normalized spacial score (nSPS) is 15.8. The summed E-state index contributed by atoms with van der Waals surface area (Å²) in [5.41, 5.74) is -0.637. The van der Waals surface area contributed by atoms with Crippen LogP contribution in [0.5, 0.6) is 0 Å². The van der Waals surface area contributed by atoms with Crippen LogP contribution < -0.4 is 5.32 Å². The lowest BCUT2D eigenvalue weighted by Gasteiger charge is -2.38. The molecule has 1 N–H and O–H groups in total. The molecule has 5 heteroatoms. The molecule has 0 saturated heterocycles. The van der Waals surface area contributed by atoms with Crippen molar-refractivity contribution >= 4 is 15.9 Å². The fourth-order valence-electron chi connectivity index (χ4n) is 2.44. The van der Waals surface area contributed by atoms with Gasteiger partial charge in [-0.3, -0.25) is 0 Å². The monoisotopic (exact) mass is 363 g/mol. The molecule has 0 bridgehead atoms. The van der Waals surface area contributed by atoms with E-state index in [1.54, 1.807) is 0 Å². The van der Waals surface area contributed by atoms with Crippen LogP contribution in [0.1, 0.15) is 52.1 Å². The Bertz CT molecular complexity index is 470. The Hall–Kier alpha value is -0.520. The molecule has 0 aliphatic carbocycles. The van der Waals surface area contributed by atoms with E-state index in [1.165, 1.54) is 12.1 Å². The molecule has 0 radical (unpaired) electrons. The fraction of sp³-hybridized carbons (Fsp3) is 0.625. The van der Waals surface area contributed by atoms with Crippen LogP contribution in [0.25, 0.3) is 0 Å². The van der Waals surface area contributed by atoms with Gasteiger partial charge in [0.05, 0.1) is 16.1 Å². The summed E-state index contributed by atoms with van der Waals surface area (Å²) in [5, 5.41) is 3.25. The van der Waals surface area contributed by atoms with Crippen molar-refractivity contribution in [1.82, 2.24) is 5.32 Å². The molecule has 0 saturated carbocycles. The molecule has 0 aliphatic heterocycles. The molecule has 2 nitrogen and oxygen atoms in total. The lowest BCUT2D eigenvalue weighted by Crippen LogP contribution is -2.44. The van der Waals surface area contributed by atoms with Gasteiger partial charge in [-0.15, -0.1) is 0 Å². The summed E-state index contributed by atoms with van der Waals surface area (Å²) in [5.74, 6) is -1.12. The van der Waals surface area contributed by atoms with Gasteiger partial charge in [-0.25, -0.2) is 8.78 Å². The van der Waals surface area contributed by atoms with Gasteiger partial charge in [-0.1, -0.05) is 13.8 Å². The largest absolute Gasteiger partial charge is 0.374 e. The Labute approximate surface area is 134 Å². The molecule has 1 rings (SSSR count). The molecule has 2 unspecified atom stereocenters. The lowest BCUT2D eigenvalue weighted by atomic mass is 9.86. The predicted molar refractivity (Wildman–Crippen MR) is 85.4 cm³/mol. The van der Waals surface area contributed by atoms with Crippen molar-refractivity contribution in [2.24, 2.45) is 0 Å². The van der Waals surface area contributed by atoms with Crippen molar-refractivity contribution in [2.75, 3.05) is 13.2 Å². The van der Waals surface area contributed by atoms with Crippen LogP contribution in [0.4, 0.5) is 8.78 Å². The second kappa shape index (κ2) is 8.20. The molecule has 0 amide bonds. The van der Waals surface area contributed by atoms with E-state index >= 15 is 0 Å². The first-order valence-corrected chi connectivity index (χ1v) is 8.21. The second-order valence-electron chi connectivity index (χ2n) is 5.24. The summed E-state index contributed by atoms with van der Waals surface area (Å²) in [7, 11) is 0. The predicted octanol–water partition coefficient (Wildman–Crippen LogP) is 4.97. The third-order valence-corrected chi connectivity index (χ3v) is 4.37. The van der Waals surface area contributed by atoms with Crippen molar-refractivity contribution in [1.29, 1.82) is 0 Å². The average Bonchev–Trinajstić information content (AvgIpc) is 2.46. The summed E-state index contributed by atoms with van der Waals surface area (Å²) in [4.78, 5) is 0. The smallest absolute Gasteiger partial charge is 0.145 e. The van der Waals surface area contributed by atoms with Crippen LogP contribution in [-0.4, -0.2) is 18.8 Å². The van der Waals surface area contributed by atoms with Crippen molar-refractivity contribution in [3.63, 3.8) is 0 Å². The zero-order valence-electron chi connectivity index (χ0n) is 13.1. The summed E-state index contributed by atoms with van der Waals surface area (Å²) < 4.78 is 34.8. The number of rotatable bonds is 8. The van der Waals surface area contributed by atoms with E-state index in [9.17, 15) is 8.78 Å². The minimum Gasteiger partial charge on any atom is -0.374 e. The molecular weight excluding hydrogens is 340 g/mol. The van der Waals surface area contributed by atoms with E-state index in [-0.39, 0.29) is 10.0 Å². The van der Waals surface area contributed by atoms with E-state index in [1.807, 2.05) is 27.7 Å². The maximum absolute atomic E-state index is 14.5. The van der Waals surface area contributed by atoms with E-state index in [0.29, 0.717) is 19.6 Å². The van der Waals surface area contributed by atoms with Crippen LogP contribution in [-0.2, 0) is 4.74 Å². The van der Waals surface area contributed by atoms with Crippen molar-refractivity contribution in [3.8, 4) is 0 Å². The van der Waals surface area contributed by atoms with E-state index < -0.39 is 23.3 Å². The minimum atomic E-state index is -0.674. The standard InChI is InChI=1S/C16H24BrF2NO/c1-5-10-20-15(16(4,6-2)21-7-3)13-12(18)9-8-11(17)14(13)19/h8-9,15,20H,5-7,10H2,1-4H3. The molecular formula is C16H24BrF2NO. The first-order chi connectivity index (χ1) is 9.91. The van der Waals surface area contributed by atoms with Gasteiger partial charge in [0, 0.05) is 12.2 Å². The Kier molecular flexibility index (Phi) is 7.24. The molecule has 21 heavy (non-hydrogen) atoms. The number of ether oxygens (including phenoxy) is 1. The number of benzene rings is 1. The molecule has 0 aromatic heterocycles. The lowest BCUT2D eigenvalue weighted by molar-refractivity contribution is -0.0578. The van der Waals surface area contributed by atoms with E-state index in [2.05, 4.69) is 21.2 Å². The van der Waals surface area contributed by atoms with Gasteiger partial charge in [0.15, 0.2) is 0 Å². The Balaban J connectivity index is 3.34. The highest BCUT2D eigenvalue weighted by Crippen LogP contribution is 2.36. The number of halogens is 3. The molecule has 1 aromatic rings. The number of nitrogens with one attached hydrogen (secondary N) is 1. The zero-order chi connectivity index (χ0) is 16.0. The Morgan fingerprint density at radius 1 is 1.29 bits per heavy atom. The molecule has 2 atom stereocenters. The highest BCUT2D eigenvalue weighted by Gasteiger charge is 2.38. The van der Waals surface area contributed by atoms with Gasteiger partial charge < -0.3 is 10.1 Å². The maximum atomic E-state index is 14.5. The summed E-state index contributed by atoms with van der Waals surface area (Å²) in [6, 6.07) is 2.13. The molecule has 120 valence electrons. The minimum absolute atomic E-state index is 0.0376. The third-order valence-electron chi connectivity index (χ3n) is 3.75. The quantitative estimate of drug-likeness (QED) is 0.658. The summed E-state index contributed by atoms with van der Waals surface area (Å²) >= 11 is 3.13. The number of hydrogen-bond donors (Lipinski definition) is 1. The van der Waals surface area contributed by atoms with Crippen LogP contribution in [0, 0.1) is 11.6 Å². The van der Waals surface area contributed by atoms with Gasteiger partial charge in [0.25, 0.3) is 0 Å². The van der Waals surface area contributed by atoms with E-state index in [4.69, 9.17) is 4.74 Å². The van der Waals surface area contributed by atoms with Gasteiger partial charge >= 0.3 is 0 Å². The third kappa shape index (κ3) is 4.24. The highest BCUT2D eigenvalue weighted by atomic mass is 79.9. The molecule has 0 aliphatic rings. The van der Waals surface area contributed by atoms with Gasteiger partial charge in [-0.05, 0) is 61.3 Å². The van der Waals surface area contributed by atoms with Gasteiger partial charge in [-0.2, -0.15) is 0 Å². The Morgan fingerprint density at radius 3 is 2.48 bits per heavy atom. The molecule has 0 spiro atoms. The first-order valence-electron chi connectivity index (χ1n) is 7.41. The zero-order valence-corrected chi connectivity index (χ0v) is 14.7. The SMILES string of the molecule is CCCNC(c1c(F)ccc(Br)c1F)C(C)(CC)OCC. The summed E-state index contributed by atoms with van der Waals surface area (Å²) in [6.45, 7) is 8.92. The average molecular weight is 364 g/mol.